The van der Waals surface area contributed by atoms with Crippen molar-refractivity contribution in [2.75, 3.05) is 43.5 Å². The monoisotopic (exact) mass is 1040 g/mol. The number of para-hydroxylation sites is 1. The smallest absolute Gasteiger partial charge is 0.407 e. The Kier molecular flexibility index (Phi) is 22.9. The molecule has 4 atom stereocenters. The number of fused-ring (bicyclic) bond motifs is 3. The molecule has 2 aromatic heterocycles. The average Bonchev–Trinajstić information content (AvgIpc) is 3.87. The number of ether oxygens (including phenoxy) is 1. The molecule has 4 aromatic rings. The van der Waals surface area contributed by atoms with E-state index in [9.17, 15) is 38.4 Å². The summed E-state index contributed by atoms with van der Waals surface area (Å²) in [6.07, 6.45) is 5.90. The number of urea groups is 1. The molecular formula is C52H74N12O9S. The molecule has 22 heteroatoms. The highest BCUT2D eigenvalue weighted by molar-refractivity contribution is 8.00. The SMILES string of the molecule is CCCCc1nc2c(N)nc3ccccc3c2n1CCCCNC(=O)OCc1ccc(NC(=O)C(CCCNC(N)=O)NC(=O)C(NC(=O)CCCCCN2C(=O)CC(SCC(NC)C(C)=O)C2=O)C(C)C)cc1. The quantitative estimate of drug-likeness (QED) is 0.0248. The van der Waals surface area contributed by atoms with E-state index in [0.29, 0.717) is 73.5 Å². The molecule has 0 spiro atoms. The van der Waals surface area contributed by atoms with Gasteiger partial charge in [-0.05, 0) is 88.6 Å². The predicted octanol–water partition coefficient (Wildman–Crippen LogP) is 4.83. The summed E-state index contributed by atoms with van der Waals surface area (Å²) < 4.78 is 7.70. The van der Waals surface area contributed by atoms with E-state index in [-0.39, 0.29) is 68.4 Å². The second-order valence-corrected chi connectivity index (χ2v) is 20.1. The van der Waals surface area contributed by atoms with Gasteiger partial charge in [0.05, 0.1) is 22.3 Å². The number of anilines is 2. The average molecular weight is 1040 g/mol. The number of pyridine rings is 1. The van der Waals surface area contributed by atoms with E-state index in [1.165, 1.54) is 23.6 Å². The number of imidazole rings is 1. The fourth-order valence-electron chi connectivity index (χ4n) is 8.57. The maximum absolute atomic E-state index is 13.7. The number of primary amides is 1. The highest BCUT2D eigenvalue weighted by Crippen LogP contribution is 2.30. The molecule has 3 heterocycles. The number of aryl methyl sites for hydroxylation is 2. The van der Waals surface area contributed by atoms with E-state index in [4.69, 9.17) is 21.2 Å². The Labute approximate surface area is 436 Å². The molecule has 0 bridgehead atoms. The first-order valence-corrected chi connectivity index (χ1v) is 26.7. The molecule has 1 saturated heterocycles. The van der Waals surface area contributed by atoms with Crippen molar-refractivity contribution in [1.29, 1.82) is 0 Å². The van der Waals surface area contributed by atoms with E-state index in [0.717, 1.165) is 47.9 Å². The minimum atomic E-state index is -1.05. The number of imide groups is 1. The summed E-state index contributed by atoms with van der Waals surface area (Å²) in [6.45, 7) is 8.65. The Bertz CT molecular complexity index is 2590. The summed E-state index contributed by atoms with van der Waals surface area (Å²) in [5, 5.41) is 17.1. The van der Waals surface area contributed by atoms with Crippen molar-refractivity contribution in [3.63, 3.8) is 0 Å². The number of likely N-dealkylation sites (tertiary alicyclic amines) is 1. The molecule has 0 radical (unpaired) electrons. The van der Waals surface area contributed by atoms with Crippen molar-refractivity contribution < 1.29 is 43.1 Å². The number of alkyl carbamates (subject to hydrolysis) is 1. The first-order valence-electron chi connectivity index (χ1n) is 25.6. The fourth-order valence-corrected chi connectivity index (χ4v) is 9.92. The van der Waals surface area contributed by atoms with E-state index < -0.39 is 47.3 Å². The Morgan fingerprint density at radius 3 is 2.28 bits per heavy atom. The van der Waals surface area contributed by atoms with Gasteiger partial charge in [-0.1, -0.05) is 63.9 Å². The van der Waals surface area contributed by atoms with Crippen LogP contribution in [0.2, 0.25) is 0 Å². The van der Waals surface area contributed by atoms with Crippen molar-refractivity contribution in [2.45, 2.75) is 141 Å². The molecule has 21 nitrogen and oxygen atoms in total. The lowest BCUT2D eigenvalue weighted by Crippen LogP contribution is -2.54. The van der Waals surface area contributed by atoms with Crippen LogP contribution in [0.5, 0.6) is 0 Å². The Morgan fingerprint density at radius 2 is 1.58 bits per heavy atom. The third-order valence-electron chi connectivity index (χ3n) is 12.8. The minimum Gasteiger partial charge on any atom is -0.445 e. The number of nitrogens with two attached hydrogens (primary N) is 2. The number of likely N-dealkylation sites (N-methyl/N-ethyl adjacent to an activating group) is 1. The number of rotatable bonds is 31. The fraction of sp³-hybridized carbons (Fsp3) is 0.538. The normalized spacial score (nSPS) is 14.7. The molecule has 4 unspecified atom stereocenters. The standard InChI is InChI=1S/C52H74N12O9S/c1-6-7-19-41-61-45-46(36-16-10-11-17-37(36)59-47(45)53)63(41)27-14-12-25-57-52(72)73-30-34-21-23-35(24-22-34)58-48(68)38(18-15-26-56-51(54)71)60-49(69)44(32(2)3)62-42(66)20-9-8-13-28-64-43(67)29-40(50(64)70)74-31-39(55-5)33(4)65/h10-11,16-17,21-24,32,38-40,44,55H,6-9,12-15,18-20,25-31H2,1-5H3,(H2,53,59)(H,57,72)(H,58,68)(H,60,69)(H,62,66)(H3,54,56,71). The molecule has 0 aliphatic carbocycles. The minimum absolute atomic E-state index is 0.0126. The zero-order valence-corrected chi connectivity index (χ0v) is 44.1. The van der Waals surface area contributed by atoms with Crippen LogP contribution >= 0.6 is 11.8 Å². The number of amides is 8. The number of nitrogens with zero attached hydrogens (tertiary/aromatic N) is 4. The van der Waals surface area contributed by atoms with Gasteiger partial charge in [-0.15, -0.1) is 11.8 Å². The first-order chi connectivity index (χ1) is 35.5. The number of aromatic nitrogens is 3. The molecule has 1 aliphatic rings. The predicted molar refractivity (Wildman–Crippen MR) is 286 cm³/mol. The van der Waals surface area contributed by atoms with Gasteiger partial charge in [0.1, 0.15) is 35.8 Å². The van der Waals surface area contributed by atoms with Gasteiger partial charge in [-0.2, -0.15) is 0 Å². The van der Waals surface area contributed by atoms with E-state index in [1.54, 1.807) is 45.2 Å². The Morgan fingerprint density at radius 1 is 0.851 bits per heavy atom. The first kappa shape index (κ1) is 58.1. The Balaban J connectivity index is 1.05. The lowest BCUT2D eigenvalue weighted by Gasteiger charge is -2.25. The van der Waals surface area contributed by atoms with Gasteiger partial charge in [0.25, 0.3) is 0 Å². The maximum Gasteiger partial charge on any atom is 0.407 e. The van der Waals surface area contributed by atoms with Gasteiger partial charge in [0, 0.05) is 62.3 Å². The highest BCUT2D eigenvalue weighted by Gasteiger charge is 2.39. The summed E-state index contributed by atoms with van der Waals surface area (Å²) in [5.74, 6) is -0.602. The number of ketones is 1. The van der Waals surface area contributed by atoms with Gasteiger partial charge in [-0.25, -0.2) is 19.6 Å². The zero-order chi connectivity index (χ0) is 53.7. The molecule has 74 heavy (non-hydrogen) atoms. The van der Waals surface area contributed by atoms with Crippen molar-refractivity contribution in [1.82, 2.24) is 46.0 Å². The van der Waals surface area contributed by atoms with Crippen LogP contribution < -0.4 is 43.4 Å². The van der Waals surface area contributed by atoms with Crippen LogP contribution in [-0.4, -0.2) is 123 Å². The molecular weight excluding hydrogens is 969 g/mol. The van der Waals surface area contributed by atoms with Crippen LogP contribution in [0.3, 0.4) is 0 Å². The number of Topliss-reactive ketones (excluding diaryl/α,β-unsaturated/α-hetero) is 1. The van der Waals surface area contributed by atoms with Gasteiger partial charge in [0.15, 0.2) is 5.82 Å². The molecule has 402 valence electrons. The number of unbranched alkanes of at least 4 members (excludes halogenated alkanes) is 4. The molecule has 0 saturated carbocycles. The van der Waals surface area contributed by atoms with Crippen LogP contribution in [0.1, 0.15) is 110 Å². The lowest BCUT2D eigenvalue weighted by molar-refractivity contribution is -0.138. The summed E-state index contributed by atoms with van der Waals surface area (Å²) in [4.78, 5) is 112. The van der Waals surface area contributed by atoms with Crippen LogP contribution in [0.4, 0.5) is 21.1 Å². The maximum atomic E-state index is 13.7. The van der Waals surface area contributed by atoms with Gasteiger partial charge in [-0.3, -0.25) is 33.7 Å². The summed E-state index contributed by atoms with van der Waals surface area (Å²) in [5.41, 5.74) is 15.2. The second kappa shape index (κ2) is 29.2. The molecule has 8 amide bonds. The molecule has 1 aliphatic heterocycles. The molecule has 5 rings (SSSR count). The van der Waals surface area contributed by atoms with Crippen molar-refractivity contribution in [3.05, 3.63) is 59.9 Å². The van der Waals surface area contributed by atoms with Crippen LogP contribution in [-0.2, 0) is 53.1 Å². The number of hydrogen-bond acceptors (Lipinski definition) is 14. The largest absolute Gasteiger partial charge is 0.445 e. The third kappa shape index (κ3) is 17.1. The Hall–Kier alpha value is -6.81. The highest BCUT2D eigenvalue weighted by atomic mass is 32.2. The van der Waals surface area contributed by atoms with Crippen molar-refractivity contribution in [3.8, 4) is 0 Å². The number of nitrogens with one attached hydrogen (secondary N) is 6. The van der Waals surface area contributed by atoms with Gasteiger partial charge < -0.3 is 52.7 Å². The summed E-state index contributed by atoms with van der Waals surface area (Å²) >= 11 is 1.29. The van der Waals surface area contributed by atoms with E-state index in [1.807, 2.05) is 24.3 Å². The van der Waals surface area contributed by atoms with Crippen LogP contribution in [0.15, 0.2) is 48.5 Å². The molecule has 1 fully saturated rings. The number of hydrogen-bond donors (Lipinski definition) is 8. The van der Waals surface area contributed by atoms with Crippen molar-refractivity contribution >= 4 is 92.6 Å². The number of carbonyl (C=O) groups excluding carboxylic acids is 8. The molecule has 10 N–H and O–H groups in total. The van der Waals surface area contributed by atoms with Gasteiger partial charge in [0.2, 0.25) is 29.5 Å². The van der Waals surface area contributed by atoms with Crippen molar-refractivity contribution in [2.24, 2.45) is 11.7 Å². The topological polar surface area (TPSA) is 304 Å². The zero-order valence-electron chi connectivity index (χ0n) is 43.3. The lowest BCUT2D eigenvalue weighted by atomic mass is 10.0. The number of thioether (sulfide) groups is 1. The van der Waals surface area contributed by atoms with Gasteiger partial charge >= 0.3 is 12.1 Å². The third-order valence-corrected chi connectivity index (χ3v) is 14.1. The van der Waals surface area contributed by atoms with E-state index in [2.05, 4.69) is 48.4 Å². The van der Waals surface area contributed by atoms with E-state index >= 15 is 0 Å². The summed E-state index contributed by atoms with van der Waals surface area (Å²) in [7, 11) is 1.67. The number of nitrogen functional groups attached to an aromatic ring is 1. The van der Waals surface area contributed by atoms with Crippen LogP contribution in [0, 0.1) is 5.92 Å². The second-order valence-electron chi connectivity index (χ2n) is 18.8. The summed E-state index contributed by atoms with van der Waals surface area (Å²) in [6, 6.07) is 11.5. The number of carbonyl (C=O) groups is 8. The van der Waals surface area contributed by atoms with Crippen LogP contribution in [0.25, 0.3) is 21.9 Å². The number of benzene rings is 2. The molecule has 2 aromatic carbocycles.